The highest BCUT2D eigenvalue weighted by Crippen LogP contribution is 2.38. The number of carbonyl (C=O) groups is 1. The number of aromatic nitrogens is 2. The molecule has 0 saturated heterocycles. The Labute approximate surface area is 203 Å². The van der Waals surface area contributed by atoms with Crippen LogP contribution in [0.5, 0.6) is 0 Å². The van der Waals surface area contributed by atoms with Crippen molar-refractivity contribution in [2.75, 3.05) is 12.8 Å². The Bertz CT molecular complexity index is 1170. The van der Waals surface area contributed by atoms with Crippen LogP contribution in [0.15, 0.2) is 63.6 Å². The van der Waals surface area contributed by atoms with Crippen molar-refractivity contribution in [1.29, 1.82) is 0 Å². The van der Waals surface area contributed by atoms with Crippen molar-refractivity contribution in [3.63, 3.8) is 0 Å². The first kappa shape index (κ1) is 23.4. The first-order valence-electron chi connectivity index (χ1n) is 10.9. The van der Waals surface area contributed by atoms with Crippen molar-refractivity contribution >= 4 is 35.0 Å². The summed E-state index contributed by atoms with van der Waals surface area (Å²) in [5, 5.41) is 7.95. The monoisotopic (exact) mass is 482 g/mol. The molecule has 0 saturated carbocycles. The third kappa shape index (κ3) is 5.09. The number of urea groups is 1. The molecule has 3 aromatic rings. The molecule has 2 aromatic carbocycles. The second-order valence-electron chi connectivity index (χ2n) is 8.42. The van der Waals surface area contributed by atoms with Crippen molar-refractivity contribution in [1.82, 2.24) is 20.4 Å². The number of hydrogen-bond donors (Lipinski definition) is 1. The van der Waals surface area contributed by atoms with Crippen molar-refractivity contribution in [2.45, 2.75) is 38.1 Å². The zero-order chi connectivity index (χ0) is 23.5. The predicted molar refractivity (Wildman–Crippen MR) is 133 cm³/mol. The molecule has 6 nitrogen and oxygen atoms in total. The van der Waals surface area contributed by atoms with Crippen LogP contribution in [0.3, 0.4) is 0 Å². The Balaban J connectivity index is 1.78. The molecule has 172 valence electrons. The predicted octanol–water partition coefficient (Wildman–Crippen LogP) is 6.66. The van der Waals surface area contributed by atoms with Gasteiger partial charge in [0, 0.05) is 27.7 Å². The van der Waals surface area contributed by atoms with Gasteiger partial charge >= 0.3 is 6.03 Å². The molecule has 4 rings (SSSR count). The highest BCUT2D eigenvalue weighted by Gasteiger charge is 2.35. The average Bonchev–Trinajstić information content (AvgIpc) is 3.28. The second kappa shape index (κ2) is 10.0. The van der Waals surface area contributed by atoms with Gasteiger partial charge in [-0.3, -0.25) is 4.90 Å². The number of rotatable bonds is 7. The Hall–Kier alpha value is -2.77. The second-order valence-corrected chi connectivity index (χ2v) is 9.74. The van der Waals surface area contributed by atoms with E-state index in [1.165, 1.54) is 0 Å². The topological polar surface area (TPSA) is 71.3 Å². The summed E-state index contributed by atoms with van der Waals surface area (Å²) in [5.74, 6) is 1.31. The quantitative estimate of drug-likeness (QED) is 0.381. The summed E-state index contributed by atoms with van der Waals surface area (Å²) >= 11 is 7.82. The van der Waals surface area contributed by atoms with Gasteiger partial charge in [0.15, 0.2) is 0 Å². The van der Waals surface area contributed by atoms with Crippen molar-refractivity contribution < 1.29 is 9.32 Å². The molecule has 0 bridgehead atoms. The fourth-order valence-corrected chi connectivity index (χ4v) is 4.44. The van der Waals surface area contributed by atoms with Gasteiger partial charge in [-0.15, -0.1) is 11.8 Å². The molecule has 1 aliphatic rings. The zero-order valence-corrected chi connectivity index (χ0v) is 20.7. The van der Waals surface area contributed by atoms with Gasteiger partial charge in [0.05, 0.1) is 11.6 Å². The molecule has 0 aliphatic carbocycles. The number of thioether (sulfide) groups is 1. The zero-order valence-electron chi connectivity index (χ0n) is 19.1. The van der Waals surface area contributed by atoms with E-state index in [1.54, 1.807) is 28.8 Å². The van der Waals surface area contributed by atoms with E-state index in [-0.39, 0.29) is 6.03 Å². The minimum Gasteiger partial charge on any atom is -0.334 e. The number of amides is 2. The van der Waals surface area contributed by atoms with E-state index in [0.717, 1.165) is 33.7 Å². The summed E-state index contributed by atoms with van der Waals surface area (Å²) in [6.07, 6.45) is 2.93. The minimum atomic E-state index is -0.392. The van der Waals surface area contributed by atoms with Crippen molar-refractivity contribution in [2.24, 2.45) is 5.92 Å². The molecule has 1 unspecified atom stereocenters. The molecule has 1 aliphatic heterocycles. The maximum atomic E-state index is 13.1. The molecule has 1 aromatic heterocycles. The third-order valence-corrected chi connectivity index (χ3v) is 6.69. The van der Waals surface area contributed by atoms with Gasteiger partial charge < -0.3 is 9.84 Å². The Morgan fingerprint density at radius 2 is 1.97 bits per heavy atom. The first-order chi connectivity index (χ1) is 15.9. The third-order valence-electron chi connectivity index (χ3n) is 5.71. The largest absolute Gasteiger partial charge is 0.334 e. The summed E-state index contributed by atoms with van der Waals surface area (Å²) in [6, 6.07) is 15.0. The lowest BCUT2D eigenvalue weighted by molar-refractivity contribution is 0.202. The summed E-state index contributed by atoms with van der Waals surface area (Å²) in [6.45, 7) is 6.85. The van der Waals surface area contributed by atoms with Crippen molar-refractivity contribution in [3.05, 3.63) is 70.7 Å². The van der Waals surface area contributed by atoms with Crippen LogP contribution in [0.2, 0.25) is 5.02 Å². The molecule has 0 radical (unpaired) electrons. The fraction of sp³-hybridized carbons (Fsp3) is 0.320. The van der Waals surface area contributed by atoms with Gasteiger partial charge in [0.25, 0.3) is 5.89 Å². The molecule has 2 amide bonds. The van der Waals surface area contributed by atoms with Crippen LogP contribution >= 0.6 is 23.4 Å². The standard InChI is InChI=1S/C25H27ClN4O2S/c1-15(2)12-13-30-16(3)21(22(27-25(30)31)17-8-10-20(33-4)11-9-17)24-28-23(29-32-24)18-6-5-7-19(26)14-18/h5-11,14-15,22H,12-13H2,1-4H3,(H,27,31). The van der Waals surface area contributed by atoms with Gasteiger partial charge in [0.2, 0.25) is 5.82 Å². The molecule has 8 heteroatoms. The minimum absolute atomic E-state index is 0.120. The lowest BCUT2D eigenvalue weighted by Crippen LogP contribution is -2.46. The van der Waals surface area contributed by atoms with E-state index in [0.29, 0.717) is 29.2 Å². The lowest BCUT2D eigenvalue weighted by Gasteiger charge is -2.35. The van der Waals surface area contributed by atoms with Gasteiger partial charge in [0.1, 0.15) is 0 Å². The normalized spacial score (nSPS) is 16.5. The van der Waals surface area contributed by atoms with E-state index in [1.807, 2.05) is 37.4 Å². The Morgan fingerprint density at radius 3 is 2.64 bits per heavy atom. The summed E-state index contributed by atoms with van der Waals surface area (Å²) in [4.78, 5) is 20.7. The highest BCUT2D eigenvalue weighted by molar-refractivity contribution is 7.98. The first-order valence-corrected chi connectivity index (χ1v) is 12.5. The van der Waals surface area contributed by atoms with Crippen LogP contribution < -0.4 is 5.32 Å². The number of hydrogen-bond acceptors (Lipinski definition) is 5. The molecule has 0 spiro atoms. The molecule has 2 heterocycles. The maximum Gasteiger partial charge on any atom is 0.322 e. The molecule has 0 fully saturated rings. The summed E-state index contributed by atoms with van der Waals surface area (Å²) in [5.41, 5.74) is 3.35. The molecule has 1 atom stereocenters. The van der Waals surface area contributed by atoms with Crippen molar-refractivity contribution in [3.8, 4) is 11.4 Å². The molecular formula is C25H27ClN4O2S. The number of halogens is 1. The van der Waals surface area contributed by atoms with Crippen LogP contribution in [0.25, 0.3) is 17.0 Å². The number of nitrogens with zero attached hydrogens (tertiary/aromatic N) is 3. The van der Waals surface area contributed by atoms with E-state index in [4.69, 9.17) is 16.1 Å². The van der Waals surface area contributed by atoms with Gasteiger partial charge in [-0.05, 0) is 55.3 Å². The summed E-state index contributed by atoms with van der Waals surface area (Å²) in [7, 11) is 0. The lowest BCUT2D eigenvalue weighted by atomic mass is 9.94. The number of nitrogens with one attached hydrogen (secondary N) is 1. The number of benzene rings is 2. The van der Waals surface area contributed by atoms with Crippen LogP contribution in [-0.2, 0) is 0 Å². The number of carbonyl (C=O) groups excluding carboxylic acids is 1. The molecule has 1 N–H and O–H groups in total. The Morgan fingerprint density at radius 1 is 1.21 bits per heavy atom. The average molecular weight is 483 g/mol. The fourth-order valence-electron chi connectivity index (χ4n) is 3.84. The summed E-state index contributed by atoms with van der Waals surface area (Å²) < 4.78 is 5.73. The van der Waals surface area contributed by atoms with Gasteiger partial charge in [-0.25, -0.2) is 4.79 Å². The van der Waals surface area contributed by atoms with E-state index in [2.05, 4.69) is 41.4 Å². The van der Waals surface area contributed by atoms with Crippen LogP contribution in [0.1, 0.15) is 44.7 Å². The molecule has 33 heavy (non-hydrogen) atoms. The van der Waals surface area contributed by atoms with Crippen LogP contribution in [0.4, 0.5) is 4.79 Å². The SMILES string of the molecule is CSc1ccc(C2NC(=O)N(CCC(C)C)C(C)=C2c2nc(-c3cccc(Cl)c3)no2)cc1. The van der Waals surface area contributed by atoms with E-state index < -0.39 is 6.04 Å². The Kier molecular flexibility index (Phi) is 7.10. The van der Waals surface area contributed by atoms with Crippen LogP contribution in [-0.4, -0.2) is 33.9 Å². The van der Waals surface area contributed by atoms with Crippen LogP contribution in [0, 0.1) is 5.92 Å². The highest BCUT2D eigenvalue weighted by atomic mass is 35.5. The molecular weight excluding hydrogens is 456 g/mol. The maximum absolute atomic E-state index is 13.1. The smallest absolute Gasteiger partial charge is 0.322 e. The van der Waals surface area contributed by atoms with E-state index in [9.17, 15) is 4.79 Å². The number of allylic oxidation sites excluding steroid dienone is 1. The van der Waals surface area contributed by atoms with E-state index >= 15 is 0 Å². The van der Waals surface area contributed by atoms with Gasteiger partial charge in [-0.2, -0.15) is 4.98 Å². The van der Waals surface area contributed by atoms with Gasteiger partial charge in [-0.1, -0.05) is 54.9 Å².